The van der Waals surface area contributed by atoms with Crippen LogP contribution in [0.25, 0.3) is 0 Å². The highest BCUT2D eigenvalue weighted by atomic mass is 16.6. The first kappa shape index (κ1) is 15.0. The molecule has 7 heteroatoms. The average Bonchev–Trinajstić information content (AvgIpc) is 2.90. The van der Waals surface area contributed by atoms with Gasteiger partial charge in [-0.2, -0.15) is 0 Å². The van der Waals surface area contributed by atoms with Crippen LogP contribution in [0.3, 0.4) is 0 Å². The van der Waals surface area contributed by atoms with E-state index in [0.717, 1.165) is 0 Å². The van der Waals surface area contributed by atoms with E-state index < -0.39 is 17.9 Å². The minimum absolute atomic E-state index is 0.0720. The highest BCUT2D eigenvalue weighted by Gasteiger charge is 2.27. The van der Waals surface area contributed by atoms with Crippen molar-refractivity contribution in [1.29, 1.82) is 0 Å². The molecule has 2 heterocycles. The van der Waals surface area contributed by atoms with Crippen molar-refractivity contribution in [1.82, 2.24) is 10.9 Å². The Morgan fingerprint density at radius 3 is 2.57 bits per heavy atom. The Labute approximate surface area is 132 Å². The molecule has 23 heavy (non-hydrogen) atoms. The van der Waals surface area contributed by atoms with E-state index in [4.69, 9.17) is 13.9 Å². The maximum absolute atomic E-state index is 12.1. The van der Waals surface area contributed by atoms with Gasteiger partial charge in [-0.3, -0.25) is 20.4 Å². The van der Waals surface area contributed by atoms with Crippen LogP contribution in [0, 0.1) is 13.8 Å². The number of amides is 2. The van der Waals surface area contributed by atoms with Gasteiger partial charge in [-0.25, -0.2) is 0 Å². The highest BCUT2D eigenvalue weighted by Crippen LogP contribution is 2.30. The first-order valence-electron chi connectivity index (χ1n) is 7.10. The summed E-state index contributed by atoms with van der Waals surface area (Å²) in [7, 11) is 0. The monoisotopic (exact) mass is 316 g/mol. The Morgan fingerprint density at radius 2 is 1.87 bits per heavy atom. The van der Waals surface area contributed by atoms with E-state index in [1.165, 1.54) is 0 Å². The van der Waals surface area contributed by atoms with Crippen LogP contribution in [0.2, 0.25) is 0 Å². The van der Waals surface area contributed by atoms with Crippen LogP contribution in [0.4, 0.5) is 0 Å². The summed E-state index contributed by atoms with van der Waals surface area (Å²) in [5.74, 6) is 1.24. The number of rotatable bonds is 2. The molecular formula is C16H16N2O5. The molecule has 0 saturated carbocycles. The van der Waals surface area contributed by atoms with Crippen LogP contribution in [0.1, 0.15) is 21.9 Å². The van der Waals surface area contributed by atoms with E-state index in [9.17, 15) is 9.59 Å². The Morgan fingerprint density at radius 1 is 1.13 bits per heavy atom. The maximum atomic E-state index is 12.1. The highest BCUT2D eigenvalue weighted by molar-refractivity contribution is 5.96. The maximum Gasteiger partial charge on any atom is 0.283 e. The van der Waals surface area contributed by atoms with Gasteiger partial charge >= 0.3 is 0 Å². The van der Waals surface area contributed by atoms with Crippen molar-refractivity contribution in [3.05, 3.63) is 47.4 Å². The lowest BCUT2D eigenvalue weighted by Gasteiger charge is -2.25. The summed E-state index contributed by atoms with van der Waals surface area (Å²) < 4.78 is 16.3. The molecule has 1 aliphatic rings. The Hall–Kier alpha value is -2.96. The number of hydrogen-bond donors (Lipinski definition) is 2. The summed E-state index contributed by atoms with van der Waals surface area (Å²) in [6, 6.07) is 8.68. The number of hydrazine groups is 1. The van der Waals surface area contributed by atoms with Crippen LogP contribution >= 0.6 is 0 Å². The van der Waals surface area contributed by atoms with Crippen molar-refractivity contribution >= 4 is 11.8 Å². The molecule has 7 nitrogen and oxygen atoms in total. The summed E-state index contributed by atoms with van der Waals surface area (Å²) >= 11 is 0. The largest absolute Gasteiger partial charge is 0.485 e. The molecule has 0 radical (unpaired) electrons. The molecule has 1 aliphatic heterocycles. The summed E-state index contributed by atoms with van der Waals surface area (Å²) in [5, 5.41) is 0. The van der Waals surface area contributed by atoms with E-state index >= 15 is 0 Å². The summed E-state index contributed by atoms with van der Waals surface area (Å²) in [4.78, 5) is 24.1. The third kappa shape index (κ3) is 3.13. The standard InChI is InChI=1S/C16H16N2O5/c1-9-7-11(10(2)22-9)15(19)17-18-16(20)14-8-21-12-5-3-4-6-13(12)23-14/h3-7,14H,8H2,1-2H3,(H,17,19)(H,18,20). The van der Waals surface area contributed by atoms with Gasteiger partial charge in [0.05, 0.1) is 5.56 Å². The second kappa shape index (κ2) is 6.04. The third-order valence-corrected chi connectivity index (χ3v) is 3.39. The molecule has 2 N–H and O–H groups in total. The number of nitrogens with one attached hydrogen (secondary N) is 2. The lowest BCUT2D eigenvalue weighted by Crippen LogP contribution is -2.50. The molecule has 0 saturated heterocycles. The zero-order chi connectivity index (χ0) is 16.4. The summed E-state index contributed by atoms with van der Waals surface area (Å²) in [6.07, 6.45) is -0.836. The minimum Gasteiger partial charge on any atom is -0.485 e. The second-order valence-corrected chi connectivity index (χ2v) is 5.13. The predicted molar refractivity (Wildman–Crippen MR) is 80.1 cm³/mol. The number of carbonyl (C=O) groups is 2. The van der Waals surface area contributed by atoms with Gasteiger partial charge in [0.15, 0.2) is 11.5 Å². The fraction of sp³-hybridized carbons (Fsp3) is 0.250. The molecule has 1 aromatic heterocycles. The zero-order valence-corrected chi connectivity index (χ0v) is 12.7. The van der Waals surface area contributed by atoms with Gasteiger partial charge < -0.3 is 13.9 Å². The topological polar surface area (TPSA) is 89.8 Å². The number of benzene rings is 1. The molecular weight excluding hydrogens is 300 g/mol. The Kier molecular flexibility index (Phi) is 3.92. The molecule has 0 fully saturated rings. The van der Waals surface area contributed by atoms with Crippen molar-refractivity contribution in [2.45, 2.75) is 20.0 Å². The van der Waals surface area contributed by atoms with Gasteiger partial charge in [0.1, 0.15) is 18.1 Å². The molecule has 2 amide bonds. The number of hydrogen-bond acceptors (Lipinski definition) is 5. The predicted octanol–water partition coefficient (Wildman–Crippen LogP) is 1.50. The first-order valence-corrected chi connectivity index (χ1v) is 7.10. The van der Waals surface area contributed by atoms with Gasteiger partial charge in [-0.1, -0.05) is 12.1 Å². The number of furan rings is 1. The van der Waals surface area contributed by atoms with Crippen LogP contribution in [0.5, 0.6) is 11.5 Å². The number of aryl methyl sites for hydroxylation is 2. The average molecular weight is 316 g/mol. The minimum atomic E-state index is -0.836. The van der Waals surface area contributed by atoms with Gasteiger partial charge in [0.2, 0.25) is 6.10 Å². The molecule has 0 aliphatic carbocycles. The Bertz CT molecular complexity index is 753. The molecule has 0 bridgehead atoms. The van der Waals surface area contributed by atoms with Crippen LogP contribution in [-0.4, -0.2) is 24.5 Å². The zero-order valence-electron chi connectivity index (χ0n) is 12.7. The number of ether oxygens (including phenoxy) is 2. The summed E-state index contributed by atoms with van der Waals surface area (Å²) in [5.41, 5.74) is 5.04. The molecule has 1 unspecified atom stereocenters. The van der Waals surface area contributed by atoms with Gasteiger partial charge in [0, 0.05) is 0 Å². The van der Waals surface area contributed by atoms with Crippen molar-refractivity contribution < 1.29 is 23.5 Å². The van der Waals surface area contributed by atoms with E-state index in [2.05, 4.69) is 10.9 Å². The molecule has 1 atom stereocenters. The SMILES string of the molecule is Cc1cc(C(=O)NNC(=O)C2COc3ccccc3O2)c(C)o1. The van der Waals surface area contributed by atoms with Gasteiger partial charge in [-0.05, 0) is 32.0 Å². The first-order chi connectivity index (χ1) is 11.0. The van der Waals surface area contributed by atoms with Crippen LogP contribution in [-0.2, 0) is 4.79 Å². The quantitative estimate of drug-likeness (QED) is 0.820. The molecule has 0 spiro atoms. The number of fused-ring (bicyclic) bond motifs is 1. The molecule has 2 aromatic rings. The van der Waals surface area contributed by atoms with Crippen LogP contribution < -0.4 is 20.3 Å². The van der Waals surface area contributed by atoms with E-state index in [-0.39, 0.29) is 6.61 Å². The fourth-order valence-electron chi connectivity index (χ4n) is 2.27. The Balaban J connectivity index is 1.58. The van der Waals surface area contributed by atoms with E-state index in [1.54, 1.807) is 38.1 Å². The van der Waals surface area contributed by atoms with Crippen molar-refractivity contribution in [3.8, 4) is 11.5 Å². The van der Waals surface area contributed by atoms with E-state index in [0.29, 0.717) is 28.6 Å². The smallest absolute Gasteiger partial charge is 0.283 e. The van der Waals surface area contributed by atoms with Gasteiger partial charge in [-0.15, -0.1) is 0 Å². The van der Waals surface area contributed by atoms with Crippen molar-refractivity contribution in [2.75, 3.05) is 6.61 Å². The molecule has 3 rings (SSSR count). The number of para-hydroxylation sites is 2. The van der Waals surface area contributed by atoms with Crippen molar-refractivity contribution in [3.63, 3.8) is 0 Å². The normalized spacial score (nSPS) is 15.8. The lowest BCUT2D eigenvalue weighted by molar-refractivity contribution is -0.131. The summed E-state index contributed by atoms with van der Waals surface area (Å²) in [6.45, 7) is 3.49. The molecule has 1 aromatic carbocycles. The second-order valence-electron chi connectivity index (χ2n) is 5.13. The molecule has 120 valence electrons. The van der Waals surface area contributed by atoms with E-state index in [1.807, 2.05) is 6.07 Å². The lowest BCUT2D eigenvalue weighted by atomic mass is 10.2. The van der Waals surface area contributed by atoms with Crippen molar-refractivity contribution in [2.24, 2.45) is 0 Å². The van der Waals surface area contributed by atoms with Crippen LogP contribution in [0.15, 0.2) is 34.7 Å². The fourth-order valence-corrected chi connectivity index (χ4v) is 2.27. The van der Waals surface area contributed by atoms with Gasteiger partial charge in [0.25, 0.3) is 11.8 Å². The number of carbonyl (C=O) groups excluding carboxylic acids is 2. The third-order valence-electron chi connectivity index (χ3n) is 3.39.